The Bertz CT molecular complexity index is 601. The lowest BCUT2D eigenvalue weighted by Gasteiger charge is -2.19. The van der Waals surface area contributed by atoms with Crippen LogP contribution in [0.5, 0.6) is 5.75 Å². The molecule has 2 rings (SSSR count). The number of carbonyl (C=O) groups is 3. The molecule has 0 aliphatic carbocycles. The van der Waals surface area contributed by atoms with Crippen molar-refractivity contribution in [2.45, 2.75) is 20.8 Å². The highest BCUT2D eigenvalue weighted by molar-refractivity contribution is 6.01. The summed E-state index contributed by atoms with van der Waals surface area (Å²) < 4.78 is 10.2. The number of benzene rings is 1. The number of anilines is 1. The molecule has 0 unspecified atom stereocenters. The molecule has 1 heterocycles. The summed E-state index contributed by atoms with van der Waals surface area (Å²) in [5, 5.41) is 2.62. The second-order valence-electron chi connectivity index (χ2n) is 5.80. The van der Waals surface area contributed by atoms with Crippen LogP contribution in [0.25, 0.3) is 0 Å². The van der Waals surface area contributed by atoms with Crippen molar-refractivity contribution >= 4 is 23.3 Å². The Kier molecular flexibility index (Phi) is 3.97. The average Bonchev–Trinajstić information content (AvgIpc) is 2.42. The smallest absolute Gasteiger partial charge is 0.311 e. The molecule has 6 nitrogen and oxygen atoms in total. The van der Waals surface area contributed by atoms with E-state index in [1.165, 1.54) is 6.07 Å². The Balaban J connectivity index is 2.05. The SMILES string of the molecule is CC(C)(C)C(=O)OCC(=O)c1ccc2c(c1)NC(=O)CO2. The van der Waals surface area contributed by atoms with Gasteiger partial charge in [-0.25, -0.2) is 0 Å². The predicted octanol–water partition coefficient (Wildman–Crippen LogP) is 1.79. The van der Waals surface area contributed by atoms with Crippen LogP contribution in [0.2, 0.25) is 0 Å². The molecular weight excluding hydrogens is 274 g/mol. The van der Waals surface area contributed by atoms with Crippen LogP contribution in [0.4, 0.5) is 5.69 Å². The van der Waals surface area contributed by atoms with Crippen LogP contribution < -0.4 is 10.1 Å². The molecule has 6 heteroatoms. The van der Waals surface area contributed by atoms with E-state index in [0.717, 1.165) is 0 Å². The minimum Gasteiger partial charge on any atom is -0.482 e. The lowest BCUT2D eigenvalue weighted by atomic mass is 9.97. The second kappa shape index (κ2) is 5.55. The number of hydrogen-bond acceptors (Lipinski definition) is 5. The topological polar surface area (TPSA) is 81.7 Å². The summed E-state index contributed by atoms with van der Waals surface area (Å²) in [6, 6.07) is 4.69. The van der Waals surface area contributed by atoms with E-state index in [0.29, 0.717) is 17.0 Å². The van der Waals surface area contributed by atoms with Crippen molar-refractivity contribution in [3.63, 3.8) is 0 Å². The summed E-state index contributed by atoms with van der Waals surface area (Å²) >= 11 is 0. The predicted molar refractivity (Wildman–Crippen MR) is 75.3 cm³/mol. The van der Waals surface area contributed by atoms with Gasteiger partial charge in [0.2, 0.25) is 0 Å². The fourth-order valence-corrected chi connectivity index (χ4v) is 1.69. The maximum Gasteiger partial charge on any atom is 0.311 e. The molecule has 1 aliphatic heterocycles. The van der Waals surface area contributed by atoms with Crippen molar-refractivity contribution in [2.24, 2.45) is 5.41 Å². The van der Waals surface area contributed by atoms with Crippen LogP contribution >= 0.6 is 0 Å². The highest BCUT2D eigenvalue weighted by Crippen LogP contribution is 2.28. The van der Waals surface area contributed by atoms with Crippen LogP contribution in [0.3, 0.4) is 0 Å². The normalized spacial score (nSPS) is 13.8. The second-order valence-corrected chi connectivity index (χ2v) is 5.80. The third kappa shape index (κ3) is 3.59. The van der Waals surface area contributed by atoms with E-state index in [1.54, 1.807) is 32.9 Å². The molecule has 1 aliphatic rings. The van der Waals surface area contributed by atoms with E-state index in [1.807, 2.05) is 0 Å². The van der Waals surface area contributed by atoms with Gasteiger partial charge < -0.3 is 14.8 Å². The van der Waals surface area contributed by atoms with Crippen LogP contribution in [-0.4, -0.2) is 30.9 Å². The summed E-state index contributed by atoms with van der Waals surface area (Å²) in [4.78, 5) is 34.9. The molecule has 0 fully saturated rings. The minimum absolute atomic E-state index is 0.0382. The molecule has 1 aromatic carbocycles. The first kappa shape index (κ1) is 15.0. The van der Waals surface area contributed by atoms with Crippen LogP contribution in [0, 0.1) is 5.41 Å². The van der Waals surface area contributed by atoms with E-state index in [4.69, 9.17) is 9.47 Å². The van der Waals surface area contributed by atoms with E-state index in [9.17, 15) is 14.4 Å². The molecule has 1 aromatic rings. The van der Waals surface area contributed by atoms with Gasteiger partial charge in [-0.2, -0.15) is 0 Å². The zero-order valence-electron chi connectivity index (χ0n) is 12.2. The molecule has 0 saturated carbocycles. The fraction of sp³-hybridized carbons (Fsp3) is 0.400. The maximum absolute atomic E-state index is 12.0. The number of carbonyl (C=O) groups excluding carboxylic acids is 3. The van der Waals surface area contributed by atoms with E-state index < -0.39 is 11.4 Å². The number of ketones is 1. The van der Waals surface area contributed by atoms with Gasteiger partial charge in [0.05, 0.1) is 11.1 Å². The van der Waals surface area contributed by atoms with Crippen LogP contribution in [-0.2, 0) is 14.3 Å². The number of fused-ring (bicyclic) bond motifs is 1. The third-order valence-corrected chi connectivity index (χ3v) is 2.88. The molecule has 0 bridgehead atoms. The third-order valence-electron chi connectivity index (χ3n) is 2.88. The van der Waals surface area contributed by atoms with Crippen molar-refractivity contribution < 1.29 is 23.9 Å². The Morgan fingerprint density at radius 3 is 2.71 bits per heavy atom. The summed E-state index contributed by atoms with van der Waals surface area (Å²) in [5.41, 5.74) is 0.137. The van der Waals surface area contributed by atoms with Gasteiger partial charge in [-0.15, -0.1) is 0 Å². The van der Waals surface area contributed by atoms with Gasteiger partial charge in [0.1, 0.15) is 5.75 Å². The van der Waals surface area contributed by atoms with Gasteiger partial charge in [-0.05, 0) is 39.0 Å². The molecule has 21 heavy (non-hydrogen) atoms. The lowest BCUT2D eigenvalue weighted by molar-refractivity contribution is -0.151. The number of amides is 1. The standard InChI is InChI=1S/C15H17NO5/c1-15(2,3)14(19)21-7-11(17)9-4-5-12-10(6-9)16-13(18)8-20-12/h4-6H,7-8H2,1-3H3,(H,16,18). The van der Waals surface area contributed by atoms with Gasteiger partial charge in [0.25, 0.3) is 5.91 Å². The fourth-order valence-electron chi connectivity index (χ4n) is 1.69. The Labute approximate surface area is 122 Å². The van der Waals surface area contributed by atoms with Crippen molar-refractivity contribution in [1.82, 2.24) is 0 Å². The molecule has 112 valence electrons. The summed E-state index contributed by atoms with van der Waals surface area (Å²) in [7, 11) is 0. The van der Waals surface area contributed by atoms with Crippen molar-refractivity contribution in [3.8, 4) is 5.75 Å². The monoisotopic (exact) mass is 291 g/mol. The van der Waals surface area contributed by atoms with E-state index >= 15 is 0 Å². The number of ether oxygens (including phenoxy) is 2. The van der Waals surface area contributed by atoms with Crippen LogP contribution in [0.1, 0.15) is 31.1 Å². The minimum atomic E-state index is -0.655. The first-order valence-electron chi connectivity index (χ1n) is 6.54. The van der Waals surface area contributed by atoms with Gasteiger partial charge in [-0.1, -0.05) is 0 Å². The molecule has 1 N–H and O–H groups in total. The zero-order valence-corrected chi connectivity index (χ0v) is 12.2. The number of rotatable bonds is 3. The summed E-state index contributed by atoms with van der Waals surface area (Å²) in [5.74, 6) is -0.537. The number of esters is 1. The first-order chi connectivity index (χ1) is 9.77. The quantitative estimate of drug-likeness (QED) is 0.678. The molecule has 0 aromatic heterocycles. The van der Waals surface area contributed by atoms with E-state index in [2.05, 4.69) is 5.32 Å². The number of hydrogen-bond donors (Lipinski definition) is 1. The number of nitrogens with one attached hydrogen (secondary N) is 1. The van der Waals surface area contributed by atoms with Crippen LogP contribution in [0.15, 0.2) is 18.2 Å². The Hall–Kier alpha value is -2.37. The van der Waals surface area contributed by atoms with Gasteiger partial charge >= 0.3 is 5.97 Å². The maximum atomic E-state index is 12.0. The average molecular weight is 291 g/mol. The molecule has 0 saturated heterocycles. The lowest BCUT2D eigenvalue weighted by Crippen LogP contribution is -2.26. The van der Waals surface area contributed by atoms with Gasteiger partial charge in [-0.3, -0.25) is 14.4 Å². The molecule has 0 radical (unpaired) electrons. The summed E-state index contributed by atoms with van der Waals surface area (Å²) in [6.45, 7) is 4.77. The zero-order chi connectivity index (χ0) is 15.6. The molecule has 1 amide bonds. The largest absolute Gasteiger partial charge is 0.482 e. The van der Waals surface area contributed by atoms with Crippen molar-refractivity contribution in [2.75, 3.05) is 18.5 Å². The summed E-state index contributed by atoms with van der Waals surface area (Å²) in [6.07, 6.45) is 0. The van der Waals surface area contributed by atoms with Gasteiger partial charge in [0, 0.05) is 5.56 Å². The highest BCUT2D eigenvalue weighted by Gasteiger charge is 2.24. The van der Waals surface area contributed by atoms with Crippen molar-refractivity contribution in [1.29, 1.82) is 0 Å². The molecular formula is C15H17NO5. The Morgan fingerprint density at radius 1 is 1.33 bits per heavy atom. The highest BCUT2D eigenvalue weighted by atomic mass is 16.5. The van der Waals surface area contributed by atoms with Crippen molar-refractivity contribution in [3.05, 3.63) is 23.8 Å². The first-order valence-corrected chi connectivity index (χ1v) is 6.54. The van der Waals surface area contributed by atoms with Gasteiger partial charge in [0.15, 0.2) is 19.0 Å². The number of Topliss-reactive ketones (excluding diaryl/α,β-unsaturated/α-hetero) is 1. The van der Waals surface area contributed by atoms with E-state index in [-0.39, 0.29) is 24.9 Å². The Morgan fingerprint density at radius 2 is 2.05 bits per heavy atom. The molecule has 0 atom stereocenters. The molecule has 0 spiro atoms.